The van der Waals surface area contributed by atoms with E-state index < -0.39 is 0 Å². The van der Waals surface area contributed by atoms with E-state index in [0.29, 0.717) is 12.5 Å². The quantitative estimate of drug-likeness (QED) is 0.892. The number of nitrogens with zero attached hydrogens (tertiary/aromatic N) is 1. The topological polar surface area (TPSA) is 58.6 Å². The summed E-state index contributed by atoms with van der Waals surface area (Å²) >= 11 is 0. The summed E-state index contributed by atoms with van der Waals surface area (Å²) in [5.41, 5.74) is 2.22. The third-order valence-electron chi connectivity index (χ3n) is 7.30. The molecule has 2 aliphatic carbocycles. The van der Waals surface area contributed by atoms with Gasteiger partial charge >= 0.3 is 0 Å². The molecule has 0 radical (unpaired) electrons. The zero-order chi connectivity index (χ0) is 18.8. The highest BCUT2D eigenvalue weighted by atomic mass is 16.5. The van der Waals surface area contributed by atoms with Crippen molar-refractivity contribution in [1.29, 1.82) is 0 Å². The van der Waals surface area contributed by atoms with E-state index in [9.17, 15) is 9.59 Å². The Balaban J connectivity index is 1.60. The maximum atomic E-state index is 13.1. The molecule has 2 saturated carbocycles. The van der Waals surface area contributed by atoms with E-state index in [2.05, 4.69) is 29.3 Å². The minimum absolute atomic E-state index is 0.0731. The third kappa shape index (κ3) is 2.43. The molecule has 0 aromatic heterocycles. The Hall–Kier alpha value is -2.04. The number of hydrogen-bond donors (Lipinski definition) is 1. The van der Waals surface area contributed by atoms with E-state index in [1.54, 1.807) is 7.11 Å². The van der Waals surface area contributed by atoms with Crippen LogP contribution in [0.5, 0.6) is 5.75 Å². The first-order valence-electron chi connectivity index (χ1n) is 10.3. The van der Waals surface area contributed by atoms with Gasteiger partial charge in [0, 0.05) is 30.8 Å². The molecule has 3 fully saturated rings. The highest BCUT2D eigenvalue weighted by Gasteiger charge is 2.64. The molecule has 0 bridgehead atoms. The van der Waals surface area contributed by atoms with Crippen LogP contribution < -0.4 is 10.1 Å². The van der Waals surface area contributed by atoms with Gasteiger partial charge in [-0.3, -0.25) is 9.59 Å². The van der Waals surface area contributed by atoms with Crippen molar-refractivity contribution < 1.29 is 14.3 Å². The fourth-order valence-electron chi connectivity index (χ4n) is 6.09. The number of ether oxygens (including phenoxy) is 1. The smallest absolute Gasteiger partial charge is 0.223 e. The summed E-state index contributed by atoms with van der Waals surface area (Å²) in [6, 6.07) is 6.67. The van der Waals surface area contributed by atoms with E-state index in [1.807, 2.05) is 6.07 Å². The van der Waals surface area contributed by atoms with E-state index in [0.717, 1.165) is 44.4 Å². The van der Waals surface area contributed by atoms with Crippen molar-refractivity contribution in [2.24, 2.45) is 17.8 Å². The second-order valence-corrected chi connectivity index (χ2v) is 8.90. The van der Waals surface area contributed by atoms with Crippen molar-refractivity contribution in [3.05, 3.63) is 29.3 Å². The van der Waals surface area contributed by atoms with Crippen LogP contribution in [0.3, 0.4) is 0 Å². The molecule has 1 spiro atoms. The largest absolute Gasteiger partial charge is 0.497 e. The van der Waals surface area contributed by atoms with Crippen LogP contribution in [0, 0.1) is 17.8 Å². The molecular formula is C22H28N2O3. The molecule has 1 N–H and O–H groups in total. The van der Waals surface area contributed by atoms with E-state index in [1.165, 1.54) is 11.1 Å². The maximum absolute atomic E-state index is 13.1. The number of methoxy groups -OCH3 is 1. The lowest BCUT2D eigenvalue weighted by atomic mass is 9.76. The molecule has 2 aliphatic heterocycles. The minimum atomic E-state index is -0.319. The first kappa shape index (κ1) is 17.1. The highest BCUT2D eigenvalue weighted by Crippen LogP contribution is 2.60. The summed E-state index contributed by atoms with van der Waals surface area (Å²) in [4.78, 5) is 28.2. The number of carbonyl (C=O) groups is 2. The minimum Gasteiger partial charge on any atom is -0.497 e. The molecule has 1 aromatic carbocycles. The van der Waals surface area contributed by atoms with Crippen LogP contribution in [0.2, 0.25) is 0 Å². The molecule has 1 aromatic rings. The lowest BCUT2D eigenvalue weighted by molar-refractivity contribution is -0.131. The fourth-order valence-corrected chi connectivity index (χ4v) is 6.09. The molecule has 27 heavy (non-hydrogen) atoms. The second-order valence-electron chi connectivity index (χ2n) is 8.90. The SMILES string of the molecule is COc1ccc2c(c1)CCCN1C(=O)CC3[C@H](C(=O)NC4CC4)[C@@H](C)CC231. The Labute approximate surface area is 160 Å². The molecule has 5 heteroatoms. The molecule has 1 saturated heterocycles. The molecule has 2 amide bonds. The number of fused-ring (bicyclic) bond motifs is 1. The molecular weight excluding hydrogens is 340 g/mol. The molecule has 4 aliphatic rings. The highest BCUT2D eigenvalue weighted by molar-refractivity contribution is 5.86. The summed E-state index contributed by atoms with van der Waals surface area (Å²) in [6.45, 7) is 2.98. The van der Waals surface area contributed by atoms with Gasteiger partial charge in [0.15, 0.2) is 0 Å². The average Bonchev–Trinajstić information content (AvgIpc) is 3.38. The van der Waals surface area contributed by atoms with Crippen molar-refractivity contribution in [1.82, 2.24) is 10.2 Å². The van der Waals surface area contributed by atoms with Crippen molar-refractivity contribution in [2.45, 2.75) is 57.0 Å². The van der Waals surface area contributed by atoms with Crippen LogP contribution in [-0.4, -0.2) is 36.4 Å². The zero-order valence-electron chi connectivity index (χ0n) is 16.2. The number of amides is 2. The van der Waals surface area contributed by atoms with E-state index >= 15 is 0 Å². The predicted molar refractivity (Wildman–Crippen MR) is 101 cm³/mol. The van der Waals surface area contributed by atoms with Crippen molar-refractivity contribution in [2.75, 3.05) is 13.7 Å². The third-order valence-corrected chi connectivity index (χ3v) is 7.30. The predicted octanol–water partition coefficient (Wildman–Crippen LogP) is 2.62. The molecule has 5 rings (SSSR count). The lowest BCUT2D eigenvalue weighted by Gasteiger charge is -2.39. The Morgan fingerprint density at radius 1 is 1.33 bits per heavy atom. The van der Waals surface area contributed by atoms with Gasteiger partial charge in [0.05, 0.1) is 12.6 Å². The normalized spacial score (nSPS) is 34.5. The van der Waals surface area contributed by atoms with Crippen LogP contribution in [-0.2, 0) is 21.5 Å². The van der Waals surface area contributed by atoms with Crippen LogP contribution >= 0.6 is 0 Å². The van der Waals surface area contributed by atoms with Gasteiger partial charge in [0.2, 0.25) is 11.8 Å². The average molecular weight is 368 g/mol. The Morgan fingerprint density at radius 2 is 2.15 bits per heavy atom. The number of carbonyl (C=O) groups excluding carboxylic acids is 2. The fraction of sp³-hybridized carbons (Fsp3) is 0.636. The lowest BCUT2D eigenvalue weighted by Crippen LogP contribution is -2.45. The molecule has 2 heterocycles. The first-order chi connectivity index (χ1) is 13.0. The van der Waals surface area contributed by atoms with Gasteiger partial charge in [0.25, 0.3) is 0 Å². The Bertz CT molecular complexity index is 803. The standard InChI is InChI=1S/C22H28N2O3/c1-13-12-22-17-8-7-16(27-2)10-14(17)4-3-9-24(22)19(25)11-18(22)20(13)21(26)23-15-5-6-15/h7-8,10,13,15,18,20H,3-6,9,11-12H2,1-2H3,(H,23,26)/t13-,18?,20+,22?/m0/s1. The Kier molecular flexibility index (Phi) is 3.78. The monoisotopic (exact) mass is 368 g/mol. The number of hydrogen-bond acceptors (Lipinski definition) is 3. The van der Waals surface area contributed by atoms with Gasteiger partial charge < -0.3 is 15.0 Å². The van der Waals surface area contributed by atoms with Gasteiger partial charge in [-0.1, -0.05) is 13.0 Å². The van der Waals surface area contributed by atoms with Crippen LogP contribution in [0.4, 0.5) is 0 Å². The van der Waals surface area contributed by atoms with Gasteiger partial charge in [-0.05, 0) is 61.3 Å². The van der Waals surface area contributed by atoms with E-state index in [-0.39, 0.29) is 35.1 Å². The second kappa shape index (κ2) is 5.98. The van der Waals surface area contributed by atoms with Crippen LogP contribution in [0.15, 0.2) is 18.2 Å². The molecule has 5 nitrogen and oxygen atoms in total. The number of aryl methyl sites for hydroxylation is 1. The summed E-state index contributed by atoms with van der Waals surface area (Å²) in [6.07, 6.45) is 5.49. The molecule has 2 unspecified atom stereocenters. The summed E-state index contributed by atoms with van der Waals surface area (Å²) in [5, 5.41) is 3.21. The number of nitrogens with one attached hydrogen (secondary N) is 1. The van der Waals surface area contributed by atoms with Gasteiger partial charge in [-0.15, -0.1) is 0 Å². The van der Waals surface area contributed by atoms with Gasteiger partial charge in [-0.25, -0.2) is 0 Å². The van der Waals surface area contributed by atoms with Crippen molar-refractivity contribution in [3.63, 3.8) is 0 Å². The maximum Gasteiger partial charge on any atom is 0.223 e. The summed E-state index contributed by atoms with van der Waals surface area (Å²) in [5.74, 6) is 1.53. The van der Waals surface area contributed by atoms with Crippen molar-refractivity contribution >= 4 is 11.8 Å². The van der Waals surface area contributed by atoms with Crippen molar-refractivity contribution in [3.8, 4) is 5.75 Å². The van der Waals surface area contributed by atoms with Crippen LogP contribution in [0.1, 0.15) is 50.2 Å². The van der Waals surface area contributed by atoms with E-state index in [4.69, 9.17) is 4.74 Å². The number of benzene rings is 1. The van der Waals surface area contributed by atoms with Crippen LogP contribution in [0.25, 0.3) is 0 Å². The van der Waals surface area contributed by atoms with Gasteiger partial charge in [-0.2, -0.15) is 0 Å². The molecule has 144 valence electrons. The molecule has 4 atom stereocenters. The Morgan fingerprint density at radius 3 is 2.89 bits per heavy atom. The summed E-state index contributed by atoms with van der Waals surface area (Å²) in [7, 11) is 1.70. The summed E-state index contributed by atoms with van der Waals surface area (Å²) < 4.78 is 5.45. The first-order valence-corrected chi connectivity index (χ1v) is 10.3. The zero-order valence-corrected chi connectivity index (χ0v) is 16.2. The number of rotatable bonds is 3. The van der Waals surface area contributed by atoms with Gasteiger partial charge in [0.1, 0.15) is 5.75 Å².